The van der Waals surface area contributed by atoms with Crippen LogP contribution in [0.25, 0.3) is 0 Å². The van der Waals surface area contributed by atoms with E-state index in [1.807, 2.05) is 26.0 Å². The second-order valence-electron chi connectivity index (χ2n) is 6.13. The number of morpholine rings is 1. The molecule has 2 heterocycles. The fourth-order valence-corrected chi connectivity index (χ4v) is 3.34. The molecule has 7 nitrogen and oxygen atoms in total. The highest BCUT2D eigenvalue weighted by Crippen LogP contribution is 2.39. The molecule has 1 fully saturated rings. The molecule has 28 heavy (non-hydrogen) atoms. The third-order valence-corrected chi connectivity index (χ3v) is 4.66. The molecule has 2 aromatic rings. The predicted molar refractivity (Wildman–Crippen MR) is 112 cm³/mol. The minimum atomic E-state index is -0.267. The van der Waals surface area contributed by atoms with Crippen LogP contribution in [0, 0.1) is 0 Å². The van der Waals surface area contributed by atoms with E-state index < -0.39 is 0 Å². The van der Waals surface area contributed by atoms with Gasteiger partial charge in [0.25, 0.3) is 5.91 Å². The molecule has 1 aliphatic rings. The number of hydrogen-bond acceptors (Lipinski definition) is 6. The number of carbonyl (C=O) groups excluding carboxylic acids is 1. The Morgan fingerprint density at radius 1 is 1.14 bits per heavy atom. The van der Waals surface area contributed by atoms with E-state index >= 15 is 0 Å². The smallest absolute Gasteiger partial charge is 0.257 e. The molecule has 3 rings (SSSR count). The Morgan fingerprint density at radius 3 is 2.54 bits per heavy atom. The highest BCUT2D eigenvalue weighted by Gasteiger charge is 2.20. The lowest BCUT2D eigenvalue weighted by Crippen LogP contribution is -2.36. The van der Waals surface area contributed by atoms with Gasteiger partial charge in [0.05, 0.1) is 43.4 Å². The number of benzene rings is 1. The molecule has 0 radical (unpaired) electrons. The number of carbonyl (C=O) groups is 1. The van der Waals surface area contributed by atoms with Crippen LogP contribution in [0.3, 0.4) is 0 Å². The fourth-order valence-electron chi connectivity index (χ4n) is 2.97. The Hall–Kier alpha value is -2.32. The average Bonchev–Trinajstić information content (AvgIpc) is 2.70. The van der Waals surface area contributed by atoms with Gasteiger partial charge in [0.2, 0.25) is 0 Å². The largest absolute Gasteiger partial charge is 0.492 e. The van der Waals surface area contributed by atoms with Crippen molar-refractivity contribution in [2.45, 2.75) is 13.8 Å². The minimum absolute atomic E-state index is 0.267. The maximum absolute atomic E-state index is 12.7. The Morgan fingerprint density at radius 2 is 1.86 bits per heavy atom. The van der Waals surface area contributed by atoms with Gasteiger partial charge in [0.15, 0.2) is 0 Å². The van der Waals surface area contributed by atoms with Crippen LogP contribution in [0.1, 0.15) is 24.2 Å². The highest BCUT2D eigenvalue weighted by molar-refractivity contribution is 9.10. The first kappa shape index (κ1) is 20.4. The number of pyridine rings is 1. The summed E-state index contributed by atoms with van der Waals surface area (Å²) in [5, 5.41) is 2.92. The van der Waals surface area contributed by atoms with E-state index in [2.05, 4.69) is 31.1 Å². The van der Waals surface area contributed by atoms with E-state index in [1.54, 1.807) is 12.3 Å². The Labute approximate surface area is 173 Å². The van der Waals surface area contributed by atoms with Crippen LogP contribution < -0.4 is 19.7 Å². The molecule has 8 heteroatoms. The SMILES string of the molecule is CCOc1cc(N2CCOCC2)c(OCC)cc1NC(=O)c1cncc(Br)c1. The van der Waals surface area contributed by atoms with Crippen LogP contribution in [0.15, 0.2) is 35.1 Å². The number of nitrogens with zero attached hydrogens (tertiary/aromatic N) is 2. The maximum Gasteiger partial charge on any atom is 0.257 e. The number of hydrogen-bond donors (Lipinski definition) is 1. The van der Waals surface area contributed by atoms with Crippen LogP contribution in [0.2, 0.25) is 0 Å². The summed E-state index contributed by atoms with van der Waals surface area (Å²) in [4.78, 5) is 18.9. The molecule has 1 saturated heterocycles. The van der Waals surface area contributed by atoms with Crippen molar-refractivity contribution < 1.29 is 19.0 Å². The minimum Gasteiger partial charge on any atom is -0.492 e. The van der Waals surface area contributed by atoms with E-state index in [0.29, 0.717) is 49.2 Å². The van der Waals surface area contributed by atoms with Crippen molar-refractivity contribution in [3.63, 3.8) is 0 Å². The van der Waals surface area contributed by atoms with E-state index in [1.165, 1.54) is 6.20 Å². The summed E-state index contributed by atoms with van der Waals surface area (Å²) in [6.45, 7) is 7.75. The standard InChI is InChI=1S/C20H24BrN3O4/c1-3-27-18-11-17(24-5-7-26-8-6-24)19(28-4-2)10-16(18)23-20(25)14-9-15(21)13-22-12-14/h9-13H,3-8H2,1-2H3,(H,23,25). The first-order chi connectivity index (χ1) is 13.6. The van der Waals surface area contributed by atoms with Crippen LogP contribution in [0.4, 0.5) is 11.4 Å². The lowest BCUT2D eigenvalue weighted by atomic mass is 10.2. The average molecular weight is 450 g/mol. The third-order valence-electron chi connectivity index (χ3n) is 4.23. The van der Waals surface area contributed by atoms with Crippen LogP contribution >= 0.6 is 15.9 Å². The lowest BCUT2D eigenvalue weighted by molar-refractivity contribution is 0.102. The topological polar surface area (TPSA) is 72.9 Å². The van der Waals surface area contributed by atoms with Gasteiger partial charge >= 0.3 is 0 Å². The highest BCUT2D eigenvalue weighted by atomic mass is 79.9. The zero-order chi connectivity index (χ0) is 19.9. The first-order valence-electron chi connectivity index (χ1n) is 9.30. The van der Waals surface area contributed by atoms with Crippen molar-refractivity contribution in [2.75, 3.05) is 49.7 Å². The summed E-state index contributed by atoms with van der Waals surface area (Å²) in [7, 11) is 0. The van der Waals surface area contributed by atoms with Crippen molar-refractivity contribution in [1.29, 1.82) is 0 Å². The van der Waals surface area contributed by atoms with E-state index in [9.17, 15) is 4.79 Å². The summed E-state index contributed by atoms with van der Waals surface area (Å²) in [5.41, 5.74) is 1.95. The number of nitrogens with one attached hydrogen (secondary N) is 1. The first-order valence-corrected chi connectivity index (χ1v) is 10.1. The molecule has 0 unspecified atom stereocenters. The quantitative estimate of drug-likeness (QED) is 0.693. The molecular weight excluding hydrogens is 426 g/mol. The van der Waals surface area contributed by atoms with Gasteiger partial charge in [-0.2, -0.15) is 0 Å². The fraction of sp³-hybridized carbons (Fsp3) is 0.400. The van der Waals surface area contributed by atoms with E-state index in [4.69, 9.17) is 14.2 Å². The molecule has 0 aliphatic carbocycles. The van der Waals surface area contributed by atoms with Crippen LogP contribution in [0.5, 0.6) is 11.5 Å². The Kier molecular flexibility index (Phi) is 7.11. The van der Waals surface area contributed by atoms with E-state index in [-0.39, 0.29) is 5.91 Å². The summed E-state index contributed by atoms with van der Waals surface area (Å²) in [6, 6.07) is 5.46. The van der Waals surface area contributed by atoms with Crippen molar-refractivity contribution in [3.8, 4) is 11.5 Å². The maximum atomic E-state index is 12.7. The van der Waals surface area contributed by atoms with Crippen molar-refractivity contribution in [1.82, 2.24) is 4.98 Å². The molecule has 0 saturated carbocycles. The van der Waals surface area contributed by atoms with Gasteiger partial charge in [0.1, 0.15) is 11.5 Å². The lowest BCUT2D eigenvalue weighted by Gasteiger charge is -2.31. The van der Waals surface area contributed by atoms with Gasteiger partial charge in [-0.25, -0.2) is 0 Å². The molecule has 0 spiro atoms. The molecule has 1 aromatic heterocycles. The van der Waals surface area contributed by atoms with Crippen LogP contribution in [-0.4, -0.2) is 50.4 Å². The number of anilines is 2. The molecule has 150 valence electrons. The molecule has 1 N–H and O–H groups in total. The van der Waals surface area contributed by atoms with E-state index in [0.717, 1.165) is 23.2 Å². The number of amides is 1. The van der Waals surface area contributed by atoms with Gasteiger partial charge in [-0.3, -0.25) is 9.78 Å². The second-order valence-corrected chi connectivity index (χ2v) is 7.04. The Bertz CT molecular complexity index is 825. The molecule has 1 aliphatic heterocycles. The summed E-state index contributed by atoms with van der Waals surface area (Å²) in [6.07, 6.45) is 3.15. The Balaban J connectivity index is 1.94. The third kappa shape index (κ3) is 4.94. The predicted octanol–water partition coefficient (Wildman–Crippen LogP) is 3.73. The van der Waals surface area contributed by atoms with Crippen molar-refractivity contribution in [2.24, 2.45) is 0 Å². The molecule has 1 aromatic carbocycles. The van der Waals surface area contributed by atoms with Gasteiger partial charge in [-0.15, -0.1) is 0 Å². The second kappa shape index (κ2) is 9.75. The summed E-state index contributed by atoms with van der Waals surface area (Å²) >= 11 is 3.34. The number of ether oxygens (including phenoxy) is 3. The molecule has 0 atom stereocenters. The van der Waals surface area contributed by atoms with Crippen molar-refractivity contribution >= 4 is 33.2 Å². The molecule has 1 amide bonds. The monoisotopic (exact) mass is 449 g/mol. The van der Waals surface area contributed by atoms with Crippen LogP contribution in [-0.2, 0) is 4.74 Å². The molecular formula is C20H24BrN3O4. The van der Waals surface area contributed by atoms with Gasteiger partial charge in [0, 0.05) is 42.1 Å². The van der Waals surface area contributed by atoms with Gasteiger partial charge in [-0.05, 0) is 35.8 Å². The van der Waals surface area contributed by atoms with Crippen molar-refractivity contribution in [3.05, 3.63) is 40.6 Å². The van der Waals surface area contributed by atoms with Gasteiger partial charge < -0.3 is 24.4 Å². The number of halogens is 1. The normalized spacial score (nSPS) is 13.9. The zero-order valence-corrected chi connectivity index (χ0v) is 17.6. The number of rotatable bonds is 7. The number of aromatic nitrogens is 1. The summed E-state index contributed by atoms with van der Waals surface area (Å²) < 4.78 is 17.9. The molecule has 0 bridgehead atoms. The zero-order valence-electron chi connectivity index (χ0n) is 16.0. The van der Waals surface area contributed by atoms with Gasteiger partial charge in [-0.1, -0.05) is 0 Å². The summed E-state index contributed by atoms with van der Waals surface area (Å²) in [5.74, 6) is 1.04.